The number of thiazole rings is 1. The van der Waals surface area contributed by atoms with E-state index in [1.165, 1.54) is 0 Å². The van der Waals surface area contributed by atoms with Gasteiger partial charge in [-0.2, -0.15) is 0 Å². The molecule has 0 fully saturated rings. The summed E-state index contributed by atoms with van der Waals surface area (Å²) in [6, 6.07) is 7.54. The van der Waals surface area contributed by atoms with Crippen LogP contribution in [0.3, 0.4) is 0 Å². The van der Waals surface area contributed by atoms with Crippen molar-refractivity contribution in [2.45, 2.75) is 5.38 Å². The zero-order valence-corrected chi connectivity index (χ0v) is 9.48. The fourth-order valence-electron chi connectivity index (χ4n) is 1.15. The van der Waals surface area contributed by atoms with Gasteiger partial charge in [0.2, 0.25) is 0 Å². The Kier molecular flexibility index (Phi) is 3.06. The maximum Gasteiger partial charge on any atom is 0.0943 e. The number of aromatic nitrogens is 1. The average molecular weight is 244 g/mol. The SMILES string of the molecule is Clc1ccc(C(Cl)c2cncs2)cc1. The number of rotatable bonds is 2. The molecule has 72 valence electrons. The Bertz CT molecular complexity index is 397. The van der Waals surface area contributed by atoms with E-state index in [0.717, 1.165) is 15.5 Å². The quantitative estimate of drug-likeness (QED) is 0.724. The second-order valence-electron chi connectivity index (χ2n) is 2.82. The van der Waals surface area contributed by atoms with Crippen molar-refractivity contribution in [3.05, 3.63) is 51.4 Å². The molecule has 4 heteroatoms. The molecular weight excluding hydrogens is 237 g/mol. The van der Waals surface area contributed by atoms with Gasteiger partial charge in [0.15, 0.2) is 0 Å². The molecule has 0 N–H and O–H groups in total. The molecule has 1 heterocycles. The molecule has 0 saturated heterocycles. The molecule has 1 aromatic heterocycles. The number of halogens is 2. The number of alkyl halides is 1. The van der Waals surface area contributed by atoms with Gasteiger partial charge >= 0.3 is 0 Å². The number of hydrogen-bond acceptors (Lipinski definition) is 2. The van der Waals surface area contributed by atoms with Gasteiger partial charge in [0.25, 0.3) is 0 Å². The van der Waals surface area contributed by atoms with E-state index in [2.05, 4.69) is 4.98 Å². The monoisotopic (exact) mass is 243 g/mol. The van der Waals surface area contributed by atoms with E-state index in [9.17, 15) is 0 Å². The molecule has 1 atom stereocenters. The summed E-state index contributed by atoms with van der Waals surface area (Å²) in [5, 5.41) is 0.599. The minimum atomic E-state index is -0.125. The first kappa shape index (κ1) is 9.97. The highest BCUT2D eigenvalue weighted by Gasteiger charge is 2.11. The minimum Gasteiger partial charge on any atom is -0.253 e. The lowest BCUT2D eigenvalue weighted by atomic mass is 10.1. The molecule has 0 aliphatic rings. The van der Waals surface area contributed by atoms with Crippen LogP contribution in [0.25, 0.3) is 0 Å². The second kappa shape index (κ2) is 4.30. The molecule has 0 radical (unpaired) electrons. The second-order valence-corrected chi connectivity index (χ2v) is 4.61. The molecule has 14 heavy (non-hydrogen) atoms. The first-order valence-corrected chi connectivity index (χ1v) is 5.74. The van der Waals surface area contributed by atoms with E-state index < -0.39 is 0 Å². The Morgan fingerprint density at radius 2 is 1.93 bits per heavy atom. The third kappa shape index (κ3) is 2.08. The maximum atomic E-state index is 6.25. The molecule has 0 bridgehead atoms. The highest BCUT2D eigenvalue weighted by atomic mass is 35.5. The highest BCUT2D eigenvalue weighted by molar-refractivity contribution is 7.10. The number of benzene rings is 1. The van der Waals surface area contributed by atoms with Crippen molar-refractivity contribution < 1.29 is 0 Å². The lowest BCUT2D eigenvalue weighted by Gasteiger charge is -2.06. The first-order chi connectivity index (χ1) is 6.77. The van der Waals surface area contributed by atoms with Crippen LogP contribution in [0.1, 0.15) is 15.8 Å². The summed E-state index contributed by atoms with van der Waals surface area (Å²) < 4.78 is 0. The Hall–Kier alpha value is -0.570. The predicted molar refractivity (Wildman–Crippen MR) is 61.3 cm³/mol. The maximum absolute atomic E-state index is 6.25. The summed E-state index contributed by atoms with van der Waals surface area (Å²) in [7, 11) is 0. The van der Waals surface area contributed by atoms with Crippen LogP contribution in [-0.2, 0) is 0 Å². The molecular formula is C10H7Cl2NS. The van der Waals surface area contributed by atoms with Crippen molar-refractivity contribution in [2.75, 3.05) is 0 Å². The average Bonchev–Trinajstić information content (AvgIpc) is 2.71. The fraction of sp³-hybridized carbons (Fsp3) is 0.100. The van der Waals surface area contributed by atoms with E-state index in [4.69, 9.17) is 23.2 Å². The third-order valence-corrected chi connectivity index (χ3v) is 3.57. The molecule has 2 rings (SSSR count). The summed E-state index contributed by atoms with van der Waals surface area (Å²) in [5.74, 6) is 0. The van der Waals surface area contributed by atoms with Gasteiger partial charge < -0.3 is 0 Å². The molecule has 1 nitrogen and oxygen atoms in total. The molecule has 0 aliphatic heterocycles. The predicted octanol–water partition coefficient (Wildman–Crippen LogP) is 4.12. The Morgan fingerprint density at radius 3 is 2.50 bits per heavy atom. The van der Waals surface area contributed by atoms with Gasteiger partial charge in [-0.1, -0.05) is 23.7 Å². The van der Waals surface area contributed by atoms with Crippen LogP contribution >= 0.6 is 34.5 Å². The van der Waals surface area contributed by atoms with Crippen molar-refractivity contribution in [3.8, 4) is 0 Å². The van der Waals surface area contributed by atoms with Gasteiger partial charge in [0, 0.05) is 16.1 Å². The Morgan fingerprint density at radius 1 is 1.21 bits per heavy atom. The standard InChI is InChI=1S/C10H7Cl2NS/c11-8-3-1-7(2-4-8)10(12)9-5-13-6-14-9/h1-6,10H. The van der Waals surface area contributed by atoms with E-state index in [1.807, 2.05) is 24.3 Å². The van der Waals surface area contributed by atoms with Gasteiger partial charge in [0.05, 0.1) is 10.9 Å². The van der Waals surface area contributed by atoms with Crippen molar-refractivity contribution in [1.82, 2.24) is 4.98 Å². The summed E-state index contributed by atoms with van der Waals surface area (Å²) in [5.41, 5.74) is 2.82. The molecule has 0 aliphatic carbocycles. The van der Waals surface area contributed by atoms with Crippen LogP contribution in [0, 0.1) is 0 Å². The van der Waals surface area contributed by atoms with E-state index in [0.29, 0.717) is 0 Å². The van der Waals surface area contributed by atoms with Crippen LogP contribution in [-0.4, -0.2) is 4.98 Å². The topological polar surface area (TPSA) is 12.9 Å². The Labute approximate surface area is 96.3 Å². The Balaban J connectivity index is 2.28. The van der Waals surface area contributed by atoms with Crippen molar-refractivity contribution >= 4 is 34.5 Å². The van der Waals surface area contributed by atoms with Crippen LogP contribution < -0.4 is 0 Å². The zero-order valence-electron chi connectivity index (χ0n) is 7.15. The number of nitrogens with zero attached hydrogens (tertiary/aromatic N) is 1. The lowest BCUT2D eigenvalue weighted by Crippen LogP contribution is -1.88. The third-order valence-electron chi connectivity index (χ3n) is 1.86. The van der Waals surface area contributed by atoms with Crippen LogP contribution in [0.4, 0.5) is 0 Å². The van der Waals surface area contributed by atoms with E-state index in [-0.39, 0.29) is 5.38 Å². The van der Waals surface area contributed by atoms with E-state index in [1.54, 1.807) is 23.0 Å². The summed E-state index contributed by atoms with van der Waals surface area (Å²) >= 11 is 13.6. The molecule has 1 aromatic carbocycles. The number of hydrogen-bond donors (Lipinski definition) is 0. The summed E-state index contributed by atoms with van der Waals surface area (Å²) in [6.45, 7) is 0. The minimum absolute atomic E-state index is 0.125. The van der Waals surface area contributed by atoms with Gasteiger partial charge in [-0.15, -0.1) is 22.9 Å². The molecule has 0 amide bonds. The smallest absolute Gasteiger partial charge is 0.0943 e. The molecule has 1 unspecified atom stereocenters. The van der Waals surface area contributed by atoms with Crippen molar-refractivity contribution in [3.63, 3.8) is 0 Å². The fourth-order valence-corrected chi connectivity index (χ4v) is 2.25. The molecule has 0 spiro atoms. The molecule has 2 aromatic rings. The highest BCUT2D eigenvalue weighted by Crippen LogP contribution is 2.31. The van der Waals surface area contributed by atoms with Gasteiger partial charge in [-0.25, -0.2) is 0 Å². The van der Waals surface area contributed by atoms with Crippen molar-refractivity contribution in [1.29, 1.82) is 0 Å². The normalized spacial score (nSPS) is 12.7. The van der Waals surface area contributed by atoms with Crippen LogP contribution in [0.5, 0.6) is 0 Å². The van der Waals surface area contributed by atoms with E-state index >= 15 is 0 Å². The van der Waals surface area contributed by atoms with Crippen molar-refractivity contribution in [2.24, 2.45) is 0 Å². The summed E-state index contributed by atoms with van der Waals surface area (Å²) in [6.07, 6.45) is 1.79. The summed E-state index contributed by atoms with van der Waals surface area (Å²) in [4.78, 5) is 5.04. The van der Waals surface area contributed by atoms with Gasteiger partial charge in [-0.05, 0) is 17.7 Å². The van der Waals surface area contributed by atoms with Gasteiger partial charge in [-0.3, -0.25) is 4.98 Å². The van der Waals surface area contributed by atoms with Crippen LogP contribution in [0.2, 0.25) is 5.02 Å². The van der Waals surface area contributed by atoms with Gasteiger partial charge in [0.1, 0.15) is 0 Å². The largest absolute Gasteiger partial charge is 0.253 e. The lowest BCUT2D eigenvalue weighted by molar-refractivity contribution is 1.17. The first-order valence-electron chi connectivity index (χ1n) is 4.05. The zero-order chi connectivity index (χ0) is 9.97. The van der Waals surface area contributed by atoms with Crippen LogP contribution in [0.15, 0.2) is 36.0 Å². The molecule has 0 saturated carbocycles.